The Hall–Kier alpha value is -1.61. The van der Waals surface area contributed by atoms with E-state index in [0.29, 0.717) is 5.92 Å². The number of nitrogens with zero attached hydrogens (tertiary/aromatic N) is 1. The molecule has 0 unspecified atom stereocenters. The topological polar surface area (TPSA) is 40.7 Å². The predicted octanol–water partition coefficient (Wildman–Crippen LogP) is 3.44. The summed E-state index contributed by atoms with van der Waals surface area (Å²) in [4.78, 5) is 0. The van der Waals surface area contributed by atoms with Gasteiger partial charge in [-0.25, -0.2) is 0 Å². The highest BCUT2D eigenvalue weighted by molar-refractivity contribution is 5.64. The molecule has 3 heteroatoms. The molecule has 0 spiro atoms. The number of benzene rings is 1. The summed E-state index contributed by atoms with van der Waals surface area (Å²) in [5, 5.41) is 10.8. The van der Waals surface area contributed by atoms with Crippen LogP contribution in [0.3, 0.4) is 0 Å². The van der Waals surface area contributed by atoms with Gasteiger partial charge >= 0.3 is 0 Å². The van der Waals surface area contributed by atoms with E-state index in [2.05, 4.69) is 61.4 Å². The first kappa shape index (κ1) is 13.8. The quantitative estimate of drug-likeness (QED) is 0.861. The minimum Gasteiger partial charge on any atom is -0.312 e. The number of H-pyrrole nitrogens is 1. The zero-order valence-corrected chi connectivity index (χ0v) is 12.2. The molecule has 1 heterocycles. The van der Waals surface area contributed by atoms with Crippen LogP contribution in [0, 0.1) is 19.8 Å². The van der Waals surface area contributed by atoms with Crippen molar-refractivity contribution >= 4 is 0 Å². The fraction of sp³-hybridized carbons (Fsp3) is 0.438. The van der Waals surface area contributed by atoms with Crippen LogP contribution in [0.1, 0.15) is 30.5 Å². The second-order valence-corrected chi connectivity index (χ2v) is 5.59. The van der Waals surface area contributed by atoms with Crippen LogP contribution in [-0.2, 0) is 6.54 Å². The molecule has 0 atom stereocenters. The Morgan fingerprint density at radius 3 is 2.68 bits per heavy atom. The van der Waals surface area contributed by atoms with Gasteiger partial charge in [-0.2, -0.15) is 5.10 Å². The Morgan fingerprint density at radius 2 is 2.00 bits per heavy atom. The minimum absolute atomic E-state index is 0.664. The van der Waals surface area contributed by atoms with Crippen molar-refractivity contribution in [1.29, 1.82) is 0 Å². The summed E-state index contributed by atoms with van der Waals surface area (Å²) < 4.78 is 0. The molecule has 19 heavy (non-hydrogen) atoms. The third-order valence-corrected chi connectivity index (χ3v) is 3.38. The Balaban J connectivity index is 2.16. The van der Waals surface area contributed by atoms with Crippen molar-refractivity contribution in [3.05, 3.63) is 41.1 Å². The summed E-state index contributed by atoms with van der Waals surface area (Å²) in [5.74, 6) is 0.664. The third kappa shape index (κ3) is 3.44. The molecule has 0 saturated carbocycles. The fourth-order valence-corrected chi connectivity index (χ4v) is 2.09. The van der Waals surface area contributed by atoms with Gasteiger partial charge in [0, 0.05) is 17.7 Å². The maximum Gasteiger partial charge on any atom is 0.0695 e. The minimum atomic E-state index is 0.664. The molecule has 2 aromatic rings. The van der Waals surface area contributed by atoms with E-state index in [1.807, 2.05) is 6.20 Å². The molecular weight excluding hydrogens is 234 g/mol. The summed E-state index contributed by atoms with van der Waals surface area (Å²) >= 11 is 0. The molecule has 3 nitrogen and oxygen atoms in total. The number of rotatable bonds is 5. The molecule has 0 saturated heterocycles. The SMILES string of the molecule is Cc1ccc(-c2[nH]ncc2CNCC(C)C)cc1C. The summed E-state index contributed by atoms with van der Waals surface area (Å²) in [6.07, 6.45) is 1.91. The van der Waals surface area contributed by atoms with E-state index in [0.717, 1.165) is 18.8 Å². The van der Waals surface area contributed by atoms with Crippen LogP contribution in [-0.4, -0.2) is 16.7 Å². The van der Waals surface area contributed by atoms with Crippen LogP contribution >= 0.6 is 0 Å². The zero-order chi connectivity index (χ0) is 13.8. The lowest BCUT2D eigenvalue weighted by Crippen LogP contribution is -2.19. The van der Waals surface area contributed by atoms with E-state index in [1.54, 1.807) is 0 Å². The second-order valence-electron chi connectivity index (χ2n) is 5.59. The van der Waals surface area contributed by atoms with Crippen LogP contribution in [0.4, 0.5) is 0 Å². The Morgan fingerprint density at radius 1 is 1.21 bits per heavy atom. The van der Waals surface area contributed by atoms with Gasteiger partial charge in [0.2, 0.25) is 0 Å². The molecule has 2 N–H and O–H groups in total. The molecule has 0 aliphatic heterocycles. The van der Waals surface area contributed by atoms with Gasteiger partial charge in [0.1, 0.15) is 0 Å². The molecule has 0 fully saturated rings. The number of aromatic amines is 1. The Bertz CT molecular complexity index is 541. The van der Waals surface area contributed by atoms with Crippen LogP contribution in [0.2, 0.25) is 0 Å². The van der Waals surface area contributed by atoms with E-state index >= 15 is 0 Å². The average molecular weight is 257 g/mol. The molecule has 0 amide bonds. The Labute approximate surface area is 115 Å². The van der Waals surface area contributed by atoms with Gasteiger partial charge in [-0.1, -0.05) is 26.0 Å². The van der Waals surface area contributed by atoms with Gasteiger partial charge in [-0.3, -0.25) is 5.10 Å². The van der Waals surface area contributed by atoms with Crippen LogP contribution in [0.15, 0.2) is 24.4 Å². The predicted molar refractivity (Wildman–Crippen MR) is 80.0 cm³/mol. The van der Waals surface area contributed by atoms with Crippen molar-refractivity contribution in [3.8, 4) is 11.3 Å². The van der Waals surface area contributed by atoms with Crippen molar-refractivity contribution in [2.24, 2.45) is 5.92 Å². The van der Waals surface area contributed by atoms with Gasteiger partial charge in [-0.05, 0) is 43.5 Å². The Kier molecular flexibility index (Phi) is 4.38. The lowest BCUT2D eigenvalue weighted by Gasteiger charge is -2.09. The van der Waals surface area contributed by atoms with E-state index in [4.69, 9.17) is 0 Å². The van der Waals surface area contributed by atoms with Crippen LogP contribution in [0.25, 0.3) is 11.3 Å². The van der Waals surface area contributed by atoms with E-state index < -0.39 is 0 Å². The number of nitrogens with one attached hydrogen (secondary N) is 2. The molecule has 1 aromatic carbocycles. The van der Waals surface area contributed by atoms with Gasteiger partial charge in [0.05, 0.1) is 11.9 Å². The molecule has 0 bridgehead atoms. The van der Waals surface area contributed by atoms with Crippen LogP contribution < -0.4 is 5.32 Å². The number of hydrogen-bond donors (Lipinski definition) is 2. The molecule has 0 radical (unpaired) electrons. The first-order valence-corrected chi connectivity index (χ1v) is 6.88. The number of hydrogen-bond acceptors (Lipinski definition) is 2. The maximum atomic E-state index is 4.18. The largest absolute Gasteiger partial charge is 0.312 e. The van der Waals surface area contributed by atoms with Gasteiger partial charge in [0.15, 0.2) is 0 Å². The molecule has 0 aliphatic rings. The van der Waals surface area contributed by atoms with Crippen molar-refractivity contribution < 1.29 is 0 Å². The third-order valence-electron chi connectivity index (χ3n) is 3.38. The summed E-state index contributed by atoms with van der Waals surface area (Å²) in [5.41, 5.74) is 6.20. The maximum absolute atomic E-state index is 4.18. The first-order valence-electron chi connectivity index (χ1n) is 6.88. The van der Waals surface area contributed by atoms with Crippen molar-refractivity contribution in [2.45, 2.75) is 34.2 Å². The highest BCUT2D eigenvalue weighted by atomic mass is 15.1. The van der Waals surface area contributed by atoms with Gasteiger partial charge < -0.3 is 5.32 Å². The lowest BCUT2D eigenvalue weighted by molar-refractivity contribution is 0.553. The van der Waals surface area contributed by atoms with Crippen molar-refractivity contribution in [2.75, 3.05) is 6.54 Å². The summed E-state index contributed by atoms with van der Waals surface area (Å²) in [6, 6.07) is 6.54. The smallest absolute Gasteiger partial charge is 0.0695 e. The number of aryl methyl sites for hydroxylation is 2. The second kappa shape index (κ2) is 6.02. The summed E-state index contributed by atoms with van der Waals surface area (Å²) in [7, 11) is 0. The lowest BCUT2D eigenvalue weighted by atomic mass is 10.0. The van der Waals surface area contributed by atoms with Gasteiger partial charge in [-0.15, -0.1) is 0 Å². The van der Waals surface area contributed by atoms with E-state index in [1.165, 1.54) is 22.3 Å². The van der Waals surface area contributed by atoms with Gasteiger partial charge in [0.25, 0.3) is 0 Å². The van der Waals surface area contributed by atoms with Crippen molar-refractivity contribution in [1.82, 2.24) is 15.5 Å². The molecule has 102 valence electrons. The summed E-state index contributed by atoms with van der Waals surface area (Å²) in [6.45, 7) is 10.6. The first-order chi connectivity index (χ1) is 9.08. The normalized spacial score (nSPS) is 11.2. The van der Waals surface area contributed by atoms with Crippen LogP contribution in [0.5, 0.6) is 0 Å². The molecule has 0 aliphatic carbocycles. The monoisotopic (exact) mass is 257 g/mol. The molecule has 1 aromatic heterocycles. The zero-order valence-electron chi connectivity index (χ0n) is 12.2. The van der Waals surface area contributed by atoms with E-state index in [-0.39, 0.29) is 0 Å². The van der Waals surface area contributed by atoms with E-state index in [9.17, 15) is 0 Å². The highest BCUT2D eigenvalue weighted by Gasteiger charge is 2.08. The molecule has 2 rings (SSSR count). The standard InChI is InChI=1S/C16H23N3/c1-11(2)8-17-9-15-10-18-19-16(15)14-6-5-12(3)13(4)7-14/h5-7,10-11,17H,8-9H2,1-4H3,(H,18,19). The number of aromatic nitrogens is 2. The molecular formula is C16H23N3. The van der Waals surface area contributed by atoms with Crippen molar-refractivity contribution in [3.63, 3.8) is 0 Å². The average Bonchev–Trinajstić information content (AvgIpc) is 2.80. The fourth-order valence-electron chi connectivity index (χ4n) is 2.09. The highest BCUT2D eigenvalue weighted by Crippen LogP contribution is 2.23.